The second kappa shape index (κ2) is 7.24. The molecule has 1 fully saturated rings. The van der Waals surface area contributed by atoms with E-state index in [1.54, 1.807) is 6.26 Å². The Morgan fingerprint density at radius 2 is 1.95 bits per heavy atom. The fraction of sp³-hybridized carbons (Fsp3) is 0.353. The monoisotopic (exact) mass is 299 g/mol. The zero-order valence-corrected chi connectivity index (χ0v) is 12.5. The fourth-order valence-electron chi connectivity index (χ4n) is 2.57. The minimum absolute atomic E-state index is 0.0786. The summed E-state index contributed by atoms with van der Waals surface area (Å²) in [5, 5.41) is 6.20. The smallest absolute Gasteiger partial charge is 0.251 e. The molecule has 2 heterocycles. The zero-order chi connectivity index (χ0) is 15.2. The molecule has 2 aromatic rings. The Labute approximate surface area is 130 Å². The molecule has 1 aliphatic heterocycles. The van der Waals surface area contributed by atoms with Gasteiger partial charge in [-0.3, -0.25) is 9.69 Å². The van der Waals surface area contributed by atoms with Crippen LogP contribution in [0.2, 0.25) is 0 Å². The molecule has 22 heavy (non-hydrogen) atoms. The van der Waals surface area contributed by atoms with Crippen molar-refractivity contribution in [3.63, 3.8) is 0 Å². The lowest BCUT2D eigenvalue weighted by Gasteiger charge is -2.27. The quantitative estimate of drug-likeness (QED) is 0.881. The number of hydrogen-bond acceptors (Lipinski definition) is 4. The molecule has 3 rings (SSSR count). The highest BCUT2D eigenvalue weighted by atomic mass is 16.3. The maximum atomic E-state index is 12.1. The Hall–Kier alpha value is -2.11. The van der Waals surface area contributed by atoms with Crippen LogP contribution >= 0.6 is 0 Å². The number of carbonyl (C=O) groups is 1. The molecule has 0 bridgehead atoms. The summed E-state index contributed by atoms with van der Waals surface area (Å²) in [4.78, 5) is 14.5. The number of rotatable bonds is 5. The van der Waals surface area contributed by atoms with Crippen molar-refractivity contribution in [2.45, 2.75) is 13.1 Å². The number of piperazine rings is 1. The molecule has 0 spiro atoms. The highest BCUT2D eigenvalue weighted by molar-refractivity contribution is 5.94. The molecule has 1 saturated heterocycles. The molecule has 5 heteroatoms. The minimum Gasteiger partial charge on any atom is -0.467 e. The molecular formula is C17H21N3O2. The summed E-state index contributed by atoms with van der Waals surface area (Å²) >= 11 is 0. The van der Waals surface area contributed by atoms with Gasteiger partial charge < -0.3 is 15.1 Å². The summed E-state index contributed by atoms with van der Waals surface area (Å²) in [6.07, 6.45) is 1.60. The average molecular weight is 299 g/mol. The van der Waals surface area contributed by atoms with Gasteiger partial charge in [0.15, 0.2) is 0 Å². The van der Waals surface area contributed by atoms with Crippen LogP contribution in [0.25, 0.3) is 0 Å². The van der Waals surface area contributed by atoms with Crippen molar-refractivity contribution >= 4 is 5.91 Å². The van der Waals surface area contributed by atoms with Gasteiger partial charge in [0.2, 0.25) is 0 Å². The molecule has 2 N–H and O–H groups in total. The third-order valence-corrected chi connectivity index (χ3v) is 3.84. The van der Waals surface area contributed by atoms with Gasteiger partial charge >= 0.3 is 0 Å². The predicted molar refractivity (Wildman–Crippen MR) is 84.5 cm³/mol. The summed E-state index contributed by atoms with van der Waals surface area (Å²) < 4.78 is 5.20. The molecule has 0 aliphatic carbocycles. The van der Waals surface area contributed by atoms with E-state index in [0.717, 1.165) is 38.5 Å². The van der Waals surface area contributed by atoms with Crippen LogP contribution in [0, 0.1) is 0 Å². The van der Waals surface area contributed by atoms with E-state index in [4.69, 9.17) is 4.42 Å². The lowest BCUT2D eigenvalue weighted by molar-refractivity contribution is 0.0948. The van der Waals surface area contributed by atoms with E-state index in [2.05, 4.69) is 15.5 Å². The third kappa shape index (κ3) is 3.96. The second-order valence-corrected chi connectivity index (χ2v) is 5.49. The van der Waals surface area contributed by atoms with Crippen molar-refractivity contribution in [1.82, 2.24) is 15.5 Å². The minimum atomic E-state index is -0.0786. The molecule has 0 atom stereocenters. The molecule has 1 aromatic heterocycles. The maximum Gasteiger partial charge on any atom is 0.251 e. The average Bonchev–Trinajstić information content (AvgIpc) is 3.08. The van der Waals surface area contributed by atoms with Crippen LogP contribution in [0.4, 0.5) is 0 Å². The Balaban J connectivity index is 1.52. The second-order valence-electron chi connectivity index (χ2n) is 5.49. The van der Waals surface area contributed by atoms with E-state index >= 15 is 0 Å². The van der Waals surface area contributed by atoms with Crippen molar-refractivity contribution in [2.75, 3.05) is 26.2 Å². The van der Waals surface area contributed by atoms with E-state index in [9.17, 15) is 4.79 Å². The summed E-state index contributed by atoms with van der Waals surface area (Å²) in [7, 11) is 0. The Morgan fingerprint density at radius 1 is 1.18 bits per heavy atom. The maximum absolute atomic E-state index is 12.1. The lowest BCUT2D eigenvalue weighted by Crippen LogP contribution is -2.42. The Morgan fingerprint density at radius 3 is 2.64 bits per heavy atom. The molecule has 1 aliphatic rings. The van der Waals surface area contributed by atoms with Gasteiger partial charge in [-0.25, -0.2) is 0 Å². The molecule has 1 aromatic carbocycles. The SMILES string of the molecule is O=C(NCc1ccco1)c1ccc(CN2CCNCC2)cc1. The molecule has 1 amide bonds. The number of amides is 1. The van der Waals surface area contributed by atoms with Gasteiger partial charge in [0, 0.05) is 38.3 Å². The van der Waals surface area contributed by atoms with Crippen molar-refractivity contribution < 1.29 is 9.21 Å². The first-order valence-corrected chi connectivity index (χ1v) is 7.64. The molecule has 5 nitrogen and oxygen atoms in total. The van der Waals surface area contributed by atoms with Gasteiger partial charge in [-0.1, -0.05) is 12.1 Å². The normalized spacial score (nSPS) is 15.6. The van der Waals surface area contributed by atoms with Crippen LogP contribution in [-0.4, -0.2) is 37.0 Å². The number of benzene rings is 1. The first kappa shape index (κ1) is 14.8. The lowest BCUT2D eigenvalue weighted by atomic mass is 10.1. The number of nitrogens with zero attached hydrogens (tertiary/aromatic N) is 1. The fourth-order valence-corrected chi connectivity index (χ4v) is 2.57. The molecule has 116 valence electrons. The first-order valence-electron chi connectivity index (χ1n) is 7.64. The topological polar surface area (TPSA) is 57.5 Å². The Kier molecular flexibility index (Phi) is 4.88. The predicted octanol–water partition coefficient (Wildman–Crippen LogP) is 1.61. The van der Waals surface area contributed by atoms with Gasteiger partial charge in [0.25, 0.3) is 5.91 Å². The summed E-state index contributed by atoms with van der Waals surface area (Å²) in [6, 6.07) is 11.5. The van der Waals surface area contributed by atoms with E-state index in [1.807, 2.05) is 36.4 Å². The van der Waals surface area contributed by atoms with Crippen molar-refractivity contribution in [2.24, 2.45) is 0 Å². The summed E-state index contributed by atoms with van der Waals surface area (Å²) in [6.45, 7) is 5.60. The third-order valence-electron chi connectivity index (χ3n) is 3.84. The van der Waals surface area contributed by atoms with E-state index in [1.165, 1.54) is 5.56 Å². The largest absolute Gasteiger partial charge is 0.467 e. The van der Waals surface area contributed by atoms with Gasteiger partial charge in [-0.15, -0.1) is 0 Å². The van der Waals surface area contributed by atoms with E-state index < -0.39 is 0 Å². The van der Waals surface area contributed by atoms with Gasteiger partial charge in [0.1, 0.15) is 5.76 Å². The number of carbonyl (C=O) groups excluding carboxylic acids is 1. The van der Waals surface area contributed by atoms with Crippen LogP contribution in [0.15, 0.2) is 47.1 Å². The highest BCUT2D eigenvalue weighted by Crippen LogP contribution is 2.09. The van der Waals surface area contributed by atoms with Crippen LogP contribution in [0.1, 0.15) is 21.7 Å². The van der Waals surface area contributed by atoms with Gasteiger partial charge in [-0.2, -0.15) is 0 Å². The van der Waals surface area contributed by atoms with Gasteiger partial charge in [-0.05, 0) is 29.8 Å². The van der Waals surface area contributed by atoms with Crippen LogP contribution < -0.4 is 10.6 Å². The molecule has 0 radical (unpaired) electrons. The number of nitrogens with one attached hydrogen (secondary N) is 2. The highest BCUT2D eigenvalue weighted by Gasteiger charge is 2.11. The standard InChI is InChI=1S/C17H21N3O2/c21-17(19-12-16-2-1-11-22-16)15-5-3-14(4-6-15)13-20-9-7-18-8-10-20/h1-6,11,18H,7-10,12-13H2,(H,19,21). The molecule has 0 saturated carbocycles. The first-order chi connectivity index (χ1) is 10.8. The number of hydrogen-bond donors (Lipinski definition) is 2. The number of furan rings is 1. The summed E-state index contributed by atoms with van der Waals surface area (Å²) in [5.74, 6) is 0.675. The van der Waals surface area contributed by atoms with E-state index in [-0.39, 0.29) is 5.91 Å². The van der Waals surface area contributed by atoms with E-state index in [0.29, 0.717) is 12.1 Å². The van der Waals surface area contributed by atoms with Crippen LogP contribution in [0.5, 0.6) is 0 Å². The Bertz CT molecular complexity index is 587. The van der Waals surface area contributed by atoms with Crippen LogP contribution in [-0.2, 0) is 13.1 Å². The van der Waals surface area contributed by atoms with Crippen molar-refractivity contribution in [3.8, 4) is 0 Å². The van der Waals surface area contributed by atoms with Crippen molar-refractivity contribution in [1.29, 1.82) is 0 Å². The van der Waals surface area contributed by atoms with Crippen molar-refractivity contribution in [3.05, 3.63) is 59.5 Å². The summed E-state index contributed by atoms with van der Waals surface area (Å²) in [5.41, 5.74) is 1.92. The van der Waals surface area contributed by atoms with Gasteiger partial charge in [0.05, 0.1) is 12.8 Å². The van der Waals surface area contributed by atoms with Crippen LogP contribution in [0.3, 0.4) is 0 Å². The molecule has 0 unspecified atom stereocenters. The molecular weight excluding hydrogens is 278 g/mol. The zero-order valence-electron chi connectivity index (χ0n) is 12.5.